The van der Waals surface area contributed by atoms with Gasteiger partial charge >= 0.3 is 0 Å². The predicted octanol–water partition coefficient (Wildman–Crippen LogP) is 2.50. The lowest BCUT2D eigenvalue weighted by atomic mass is 10.1. The van der Waals surface area contributed by atoms with Gasteiger partial charge in [-0.15, -0.1) is 0 Å². The zero-order valence-electron chi connectivity index (χ0n) is 13.3. The molecule has 0 aliphatic carbocycles. The smallest absolute Gasteiger partial charge is 0.0879 e. The van der Waals surface area contributed by atoms with Crippen LogP contribution in [-0.4, -0.2) is 36.6 Å². The van der Waals surface area contributed by atoms with Gasteiger partial charge in [-0.25, -0.2) is 0 Å². The maximum absolute atomic E-state index is 5.35. The second-order valence-corrected chi connectivity index (χ2v) is 5.61. The highest BCUT2D eigenvalue weighted by molar-refractivity contribution is 5.24. The highest BCUT2D eigenvalue weighted by atomic mass is 16.5. The molecular formula is C15H29N3O. The van der Waals surface area contributed by atoms with Gasteiger partial charge in [-0.2, -0.15) is 5.10 Å². The number of methoxy groups -OCH3 is 1. The number of ether oxygens (including phenoxy) is 1. The van der Waals surface area contributed by atoms with Crippen molar-refractivity contribution >= 4 is 0 Å². The van der Waals surface area contributed by atoms with Crippen molar-refractivity contribution in [3.05, 3.63) is 17.0 Å². The molecule has 1 aromatic heterocycles. The molecular weight excluding hydrogens is 238 g/mol. The quantitative estimate of drug-likeness (QED) is 0.786. The summed E-state index contributed by atoms with van der Waals surface area (Å²) in [5, 5.41) is 8.20. The van der Waals surface area contributed by atoms with Crippen LogP contribution in [0.4, 0.5) is 0 Å². The van der Waals surface area contributed by atoms with Gasteiger partial charge in [0.15, 0.2) is 0 Å². The second-order valence-electron chi connectivity index (χ2n) is 5.61. The minimum absolute atomic E-state index is 0.266. The van der Waals surface area contributed by atoms with Gasteiger partial charge in [0, 0.05) is 19.3 Å². The molecule has 19 heavy (non-hydrogen) atoms. The third kappa shape index (κ3) is 4.32. The van der Waals surface area contributed by atoms with Crippen molar-refractivity contribution in [2.45, 2.75) is 47.1 Å². The van der Waals surface area contributed by atoms with Crippen LogP contribution < -0.4 is 5.32 Å². The molecule has 0 bridgehead atoms. The molecule has 0 saturated heterocycles. The van der Waals surface area contributed by atoms with Crippen LogP contribution in [0.25, 0.3) is 0 Å². The third-order valence-corrected chi connectivity index (χ3v) is 3.47. The summed E-state index contributed by atoms with van der Waals surface area (Å²) in [5.41, 5.74) is 3.78. The Labute approximate surface area is 117 Å². The van der Waals surface area contributed by atoms with Gasteiger partial charge in [0.2, 0.25) is 0 Å². The van der Waals surface area contributed by atoms with E-state index < -0.39 is 0 Å². The SMILES string of the molecule is CCc1c(C)nn(C(CNCC(C)C)COC)c1C. The Morgan fingerprint density at radius 2 is 1.95 bits per heavy atom. The monoisotopic (exact) mass is 267 g/mol. The highest BCUT2D eigenvalue weighted by Gasteiger charge is 2.17. The Morgan fingerprint density at radius 3 is 2.42 bits per heavy atom. The third-order valence-electron chi connectivity index (χ3n) is 3.47. The number of aryl methyl sites for hydroxylation is 1. The molecule has 1 aromatic rings. The summed E-state index contributed by atoms with van der Waals surface area (Å²) in [6.07, 6.45) is 1.04. The first-order valence-corrected chi connectivity index (χ1v) is 7.25. The van der Waals surface area contributed by atoms with Crippen LogP contribution in [0.15, 0.2) is 0 Å². The van der Waals surface area contributed by atoms with Crippen molar-refractivity contribution in [3.63, 3.8) is 0 Å². The first-order valence-electron chi connectivity index (χ1n) is 7.25. The predicted molar refractivity (Wildman–Crippen MR) is 79.7 cm³/mol. The molecule has 0 saturated carbocycles. The van der Waals surface area contributed by atoms with E-state index in [9.17, 15) is 0 Å². The zero-order valence-corrected chi connectivity index (χ0v) is 13.3. The maximum Gasteiger partial charge on any atom is 0.0879 e. The van der Waals surface area contributed by atoms with Gasteiger partial charge in [-0.3, -0.25) is 4.68 Å². The summed E-state index contributed by atoms with van der Waals surface area (Å²) in [6, 6.07) is 0.266. The van der Waals surface area contributed by atoms with Crippen LogP contribution in [0.2, 0.25) is 0 Å². The normalized spacial score (nSPS) is 13.2. The summed E-state index contributed by atoms with van der Waals surface area (Å²) < 4.78 is 7.48. The van der Waals surface area contributed by atoms with Crippen molar-refractivity contribution in [1.82, 2.24) is 15.1 Å². The lowest BCUT2D eigenvalue weighted by Gasteiger charge is -2.20. The van der Waals surface area contributed by atoms with Crippen LogP contribution in [0.3, 0.4) is 0 Å². The van der Waals surface area contributed by atoms with Crippen LogP contribution in [-0.2, 0) is 11.2 Å². The van der Waals surface area contributed by atoms with Gasteiger partial charge < -0.3 is 10.1 Å². The molecule has 0 aliphatic rings. The Balaban J connectivity index is 2.80. The van der Waals surface area contributed by atoms with Gasteiger partial charge in [0.1, 0.15) is 0 Å². The Bertz CT molecular complexity index is 385. The molecule has 110 valence electrons. The van der Waals surface area contributed by atoms with E-state index in [1.54, 1.807) is 7.11 Å². The second kappa shape index (κ2) is 7.65. The van der Waals surface area contributed by atoms with E-state index in [2.05, 4.69) is 44.6 Å². The van der Waals surface area contributed by atoms with Gasteiger partial charge in [-0.05, 0) is 38.3 Å². The van der Waals surface area contributed by atoms with E-state index in [1.807, 2.05) is 0 Å². The molecule has 0 spiro atoms. The summed E-state index contributed by atoms with van der Waals surface area (Å²) in [6.45, 7) is 13.5. The van der Waals surface area contributed by atoms with Gasteiger partial charge in [-0.1, -0.05) is 20.8 Å². The number of hydrogen-bond donors (Lipinski definition) is 1. The number of rotatable bonds is 8. The van der Waals surface area contributed by atoms with E-state index in [-0.39, 0.29) is 6.04 Å². The molecule has 1 N–H and O–H groups in total. The van der Waals surface area contributed by atoms with Crippen LogP contribution in [0.1, 0.15) is 43.8 Å². The summed E-state index contributed by atoms with van der Waals surface area (Å²) in [7, 11) is 1.75. The lowest BCUT2D eigenvalue weighted by Crippen LogP contribution is -2.31. The fourth-order valence-corrected chi connectivity index (χ4v) is 2.51. The fourth-order valence-electron chi connectivity index (χ4n) is 2.51. The van der Waals surface area contributed by atoms with E-state index in [1.165, 1.54) is 11.3 Å². The molecule has 1 heterocycles. The van der Waals surface area contributed by atoms with Crippen LogP contribution in [0, 0.1) is 19.8 Å². The highest BCUT2D eigenvalue weighted by Crippen LogP contribution is 2.18. The minimum Gasteiger partial charge on any atom is -0.382 e. The molecule has 0 fully saturated rings. The standard InChI is InChI=1S/C15H29N3O/c1-7-15-12(4)17-18(13(15)5)14(10-19-6)9-16-8-11(2)3/h11,14,16H,7-10H2,1-6H3. The van der Waals surface area contributed by atoms with E-state index in [4.69, 9.17) is 9.84 Å². The molecule has 0 radical (unpaired) electrons. The van der Waals surface area contributed by atoms with E-state index >= 15 is 0 Å². The Morgan fingerprint density at radius 1 is 1.26 bits per heavy atom. The maximum atomic E-state index is 5.35. The zero-order chi connectivity index (χ0) is 14.4. The number of hydrogen-bond acceptors (Lipinski definition) is 3. The van der Waals surface area contributed by atoms with Crippen LogP contribution >= 0.6 is 0 Å². The van der Waals surface area contributed by atoms with Crippen molar-refractivity contribution in [2.24, 2.45) is 5.92 Å². The van der Waals surface area contributed by atoms with Gasteiger partial charge in [0.25, 0.3) is 0 Å². The minimum atomic E-state index is 0.266. The number of aromatic nitrogens is 2. The molecule has 0 aliphatic heterocycles. The fraction of sp³-hybridized carbons (Fsp3) is 0.800. The molecule has 4 nitrogen and oxygen atoms in total. The summed E-state index contributed by atoms with van der Waals surface area (Å²) in [5.74, 6) is 0.662. The Hall–Kier alpha value is -0.870. The Kier molecular flexibility index (Phi) is 6.52. The topological polar surface area (TPSA) is 39.1 Å². The summed E-state index contributed by atoms with van der Waals surface area (Å²) in [4.78, 5) is 0. The van der Waals surface area contributed by atoms with E-state index in [0.29, 0.717) is 12.5 Å². The van der Waals surface area contributed by atoms with Gasteiger partial charge in [0.05, 0.1) is 18.3 Å². The van der Waals surface area contributed by atoms with Crippen molar-refractivity contribution in [1.29, 1.82) is 0 Å². The molecule has 0 aromatic carbocycles. The molecule has 1 unspecified atom stereocenters. The molecule has 4 heteroatoms. The average molecular weight is 267 g/mol. The lowest BCUT2D eigenvalue weighted by molar-refractivity contribution is 0.146. The van der Waals surface area contributed by atoms with Crippen molar-refractivity contribution in [2.75, 3.05) is 26.8 Å². The average Bonchev–Trinajstić information content (AvgIpc) is 2.63. The van der Waals surface area contributed by atoms with Crippen molar-refractivity contribution in [3.8, 4) is 0 Å². The summed E-state index contributed by atoms with van der Waals surface area (Å²) >= 11 is 0. The molecule has 0 amide bonds. The largest absolute Gasteiger partial charge is 0.382 e. The molecule has 1 rings (SSSR count). The number of nitrogens with one attached hydrogen (secondary N) is 1. The van der Waals surface area contributed by atoms with Crippen LogP contribution in [0.5, 0.6) is 0 Å². The number of nitrogens with zero attached hydrogens (tertiary/aromatic N) is 2. The van der Waals surface area contributed by atoms with Crippen molar-refractivity contribution < 1.29 is 4.74 Å². The van der Waals surface area contributed by atoms with E-state index in [0.717, 1.165) is 25.2 Å². The molecule has 1 atom stereocenters. The first-order chi connectivity index (χ1) is 9.01. The first kappa shape index (κ1) is 16.2.